The van der Waals surface area contributed by atoms with Crippen LogP contribution in [0.4, 0.5) is 34.1 Å². The average Bonchev–Trinajstić information content (AvgIpc) is 2.90. The summed E-state index contributed by atoms with van der Waals surface area (Å²) < 4.78 is 0. The van der Waals surface area contributed by atoms with Gasteiger partial charge in [0.25, 0.3) is 0 Å². The molecule has 0 spiro atoms. The Bertz CT molecular complexity index is 1170. The van der Waals surface area contributed by atoms with Gasteiger partial charge in [0.15, 0.2) is 0 Å². The molecule has 0 bridgehead atoms. The smallest absolute Gasteiger partial charge is 0.141 e. The molecule has 0 amide bonds. The lowest BCUT2D eigenvalue weighted by atomic mass is 10.1. The maximum Gasteiger partial charge on any atom is 0.141 e. The van der Waals surface area contributed by atoms with Crippen LogP contribution in [0.3, 0.4) is 0 Å². The van der Waals surface area contributed by atoms with E-state index in [2.05, 4.69) is 0 Å². The minimum Gasteiger partial charge on any atom is -0.506 e. The molecule has 0 aliphatic rings. The summed E-state index contributed by atoms with van der Waals surface area (Å²) in [6.07, 6.45) is 0. The van der Waals surface area contributed by atoms with Gasteiger partial charge in [-0.05, 0) is 48.5 Å². The standard InChI is InChI=1S/C30H24N2O2/c33-29-22-28(32(25-17-9-3-10-18-25)26-19-11-4-12-20-26)30(34)21-27(29)31(23-13-5-1-6-14-23)24-15-7-2-8-16-24/h1-22,33-34H. The van der Waals surface area contributed by atoms with Gasteiger partial charge in [-0.25, -0.2) is 0 Å². The molecule has 0 heterocycles. The predicted molar refractivity (Wildman–Crippen MR) is 139 cm³/mol. The second-order valence-corrected chi connectivity index (χ2v) is 7.84. The van der Waals surface area contributed by atoms with Crippen LogP contribution >= 0.6 is 0 Å². The molecular formula is C30H24N2O2. The second-order valence-electron chi connectivity index (χ2n) is 7.84. The van der Waals surface area contributed by atoms with Crippen molar-refractivity contribution in [2.75, 3.05) is 9.80 Å². The lowest BCUT2D eigenvalue weighted by Gasteiger charge is -2.29. The van der Waals surface area contributed by atoms with Gasteiger partial charge in [0, 0.05) is 34.9 Å². The lowest BCUT2D eigenvalue weighted by Crippen LogP contribution is -2.12. The Morgan fingerprint density at radius 1 is 0.353 bits per heavy atom. The molecule has 34 heavy (non-hydrogen) atoms. The summed E-state index contributed by atoms with van der Waals surface area (Å²) >= 11 is 0. The first-order chi connectivity index (χ1) is 16.7. The number of nitrogens with zero attached hydrogens (tertiary/aromatic N) is 2. The molecule has 2 N–H and O–H groups in total. The molecule has 166 valence electrons. The van der Waals surface area contributed by atoms with E-state index in [0.29, 0.717) is 11.4 Å². The van der Waals surface area contributed by atoms with Crippen LogP contribution in [0.1, 0.15) is 0 Å². The minimum atomic E-state index is 0.0531. The fourth-order valence-electron chi connectivity index (χ4n) is 4.08. The summed E-state index contributed by atoms with van der Waals surface area (Å²) in [5.41, 5.74) is 4.47. The van der Waals surface area contributed by atoms with Gasteiger partial charge in [0.05, 0.1) is 11.4 Å². The molecule has 0 aliphatic heterocycles. The summed E-state index contributed by atoms with van der Waals surface area (Å²) in [6, 6.07) is 42.4. The SMILES string of the molecule is Oc1cc(N(c2ccccc2)c2ccccc2)c(O)cc1N(c1ccccc1)c1ccccc1. The van der Waals surface area contributed by atoms with Gasteiger partial charge in [-0.2, -0.15) is 0 Å². The first kappa shape index (κ1) is 21.2. The molecule has 4 nitrogen and oxygen atoms in total. The Kier molecular flexibility index (Phi) is 5.87. The van der Waals surface area contributed by atoms with Crippen molar-refractivity contribution in [2.45, 2.75) is 0 Å². The zero-order valence-corrected chi connectivity index (χ0v) is 18.5. The number of aromatic hydroxyl groups is 2. The fourth-order valence-corrected chi connectivity index (χ4v) is 4.08. The molecule has 0 unspecified atom stereocenters. The van der Waals surface area contributed by atoms with Crippen LogP contribution in [-0.2, 0) is 0 Å². The summed E-state index contributed by atoms with van der Waals surface area (Å²) in [5.74, 6) is 0.106. The zero-order chi connectivity index (χ0) is 23.3. The van der Waals surface area contributed by atoms with E-state index >= 15 is 0 Å². The van der Waals surface area contributed by atoms with Gasteiger partial charge in [0.1, 0.15) is 11.5 Å². The molecule has 0 atom stereocenters. The summed E-state index contributed by atoms with van der Waals surface area (Å²) in [5, 5.41) is 22.5. The highest BCUT2D eigenvalue weighted by molar-refractivity contribution is 5.87. The Morgan fingerprint density at radius 2 is 0.588 bits per heavy atom. The number of benzene rings is 5. The molecule has 0 fully saturated rings. The lowest BCUT2D eigenvalue weighted by molar-refractivity contribution is 0.462. The van der Waals surface area contributed by atoms with Crippen molar-refractivity contribution in [3.05, 3.63) is 133 Å². The molecular weight excluding hydrogens is 420 g/mol. The van der Waals surface area contributed by atoms with Crippen molar-refractivity contribution in [3.8, 4) is 11.5 Å². The number of phenols is 2. The monoisotopic (exact) mass is 444 g/mol. The Hall–Kier alpha value is -4.70. The quantitative estimate of drug-likeness (QED) is 0.260. The Morgan fingerprint density at radius 3 is 0.824 bits per heavy atom. The molecule has 5 aromatic rings. The second kappa shape index (κ2) is 9.43. The van der Waals surface area contributed by atoms with E-state index in [1.165, 1.54) is 0 Å². The van der Waals surface area contributed by atoms with Crippen molar-refractivity contribution in [2.24, 2.45) is 0 Å². The van der Waals surface area contributed by atoms with E-state index in [4.69, 9.17) is 0 Å². The molecule has 4 heteroatoms. The first-order valence-corrected chi connectivity index (χ1v) is 11.1. The molecule has 0 aliphatic carbocycles. The van der Waals surface area contributed by atoms with E-state index in [1.54, 1.807) is 12.1 Å². The van der Waals surface area contributed by atoms with E-state index in [1.807, 2.05) is 131 Å². The maximum atomic E-state index is 11.3. The number of rotatable bonds is 6. The average molecular weight is 445 g/mol. The summed E-state index contributed by atoms with van der Waals surface area (Å²) in [6.45, 7) is 0. The molecule has 5 rings (SSSR count). The van der Waals surface area contributed by atoms with Crippen LogP contribution in [0, 0.1) is 0 Å². The molecule has 0 saturated heterocycles. The van der Waals surface area contributed by atoms with Crippen molar-refractivity contribution >= 4 is 34.1 Å². The van der Waals surface area contributed by atoms with Gasteiger partial charge < -0.3 is 20.0 Å². The predicted octanol–water partition coefficient (Wildman–Crippen LogP) is 8.04. The number of anilines is 6. The van der Waals surface area contributed by atoms with Gasteiger partial charge >= 0.3 is 0 Å². The van der Waals surface area contributed by atoms with Crippen molar-refractivity contribution in [1.82, 2.24) is 0 Å². The van der Waals surface area contributed by atoms with E-state index in [0.717, 1.165) is 22.7 Å². The van der Waals surface area contributed by atoms with E-state index < -0.39 is 0 Å². The molecule has 0 saturated carbocycles. The molecule has 5 aromatic carbocycles. The highest BCUT2D eigenvalue weighted by atomic mass is 16.3. The Balaban J connectivity index is 1.67. The highest BCUT2D eigenvalue weighted by Gasteiger charge is 2.22. The summed E-state index contributed by atoms with van der Waals surface area (Å²) in [4.78, 5) is 3.85. The number of para-hydroxylation sites is 4. The van der Waals surface area contributed by atoms with Gasteiger partial charge in [-0.3, -0.25) is 0 Å². The third-order valence-corrected chi connectivity index (χ3v) is 5.61. The highest BCUT2D eigenvalue weighted by Crippen LogP contribution is 2.48. The van der Waals surface area contributed by atoms with Gasteiger partial charge in [-0.15, -0.1) is 0 Å². The van der Waals surface area contributed by atoms with E-state index in [-0.39, 0.29) is 11.5 Å². The maximum absolute atomic E-state index is 11.3. The van der Waals surface area contributed by atoms with Crippen LogP contribution in [0.2, 0.25) is 0 Å². The van der Waals surface area contributed by atoms with Crippen LogP contribution in [-0.4, -0.2) is 10.2 Å². The third kappa shape index (κ3) is 4.17. The van der Waals surface area contributed by atoms with Crippen molar-refractivity contribution in [3.63, 3.8) is 0 Å². The molecule has 0 aromatic heterocycles. The van der Waals surface area contributed by atoms with E-state index in [9.17, 15) is 10.2 Å². The van der Waals surface area contributed by atoms with Gasteiger partial charge in [-0.1, -0.05) is 72.8 Å². The van der Waals surface area contributed by atoms with Crippen LogP contribution in [0.15, 0.2) is 133 Å². The number of phenolic OH excluding ortho intramolecular Hbond substituents is 2. The van der Waals surface area contributed by atoms with Crippen LogP contribution in [0.25, 0.3) is 0 Å². The summed E-state index contributed by atoms with van der Waals surface area (Å²) in [7, 11) is 0. The van der Waals surface area contributed by atoms with Crippen molar-refractivity contribution in [1.29, 1.82) is 0 Å². The first-order valence-electron chi connectivity index (χ1n) is 11.1. The van der Waals surface area contributed by atoms with Crippen LogP contribution < -0.4 is 9.80 Å². The fraction of sp³-hybridized carbons (Fsp3) is 0. The van der Waals surface area contributed by atoms with Crippen molar-refractivity contribution < 1.29 is 10.2 Å². The van der Waals surface area contributed by atoms with Gasteiger partial charge in [0.2, 0.25) is 0 Å². The normalized spacial score (nSPS) is 10.6. The largest absolute Gasteiger partial charge is 0.506 e. The third-order valence-electron chi connectivity index (χ3n) is 5.61. The number of hydrogen-bond acceptors (Lipinski definition) is 4. The van der Waals surface area contributed by atoms with Crippen LogP contribution in [0.5, 0.6) is 11.5 Å². The molecule has 0 radical (unpaired) electrons. The zero-order valence-electron chi connectivity index (χ0n) is 18.5. The Labute approximate surface area is 199 Å². The number of hydrogen-bond donors (Lipinski definition) is 2. The minimum absolute atomic E-state index is 0.0531. The topological polar surface area (TPSA) is 46.9 Å².